The fourth-order valence-corrected chi connectivity index (χ4v) is 2.63. The van der Waals surface area contributed by atoms with Gasteiger partial charge in [0.05, 0.1) is 6.54 Å². The monoisotopic (exact) mass is 248 g/mol. The van der Waals surface area contributed by atoms with Gasteiger partial charge in [0, 0.05) is 11.2 Å². The smallest absolute Gasteiger partial charge is 0.234 e. The number of carbonyl (C=O) groups is 1. The number of hydrogen-bond acceptors (Lipinski definition) is 3. The van der Waals surface area contributed by atoms with Crippen LogP contribution in [0.4, 0.5) is 0 Å². The highest BCUT2D eigenvalue weighted by Crippen LogP contribution is 2.25. The minimum atomic E-state index is 0.0436. The fraction of sp³-hybridized carbons (Fsp3) is 0.308. The van der Waals surface area contributed by atoms with Gasteiger partial charge in [-0.15, -0.1) is 11.3 Å². The summed E-state index contributed by atoms with van der Waals surface area (Å²) in [5, 5.41) is 9.27. The SMILES string of the molecule is CCNCC(=O)NCc1csc2ccccc12. The highest BCUT2D eigenvalue weighted by atomic mass is 32.1. The number of carbonyl (C=O) groups excluding carboxylic acids is 1. The Hall–Kier alpha value is -1.39. The van der Waals surface area contributed by atoms with E-state index in [1.165, 1.54) is 15.6 Å². The molecule has 1 aromatic carbocycles. The Balaban J connectivity index is 1.97. The lowest BCUT2D eigenvalue weighted by molar-refractivity contribution is -0.120. The zero-order valence-electron chi connectivity index (χ0n) is 9.82. The third kappa shape index (κ3) is 3.05. The van der Waals surface area contributed by atoms with Crippen molar-refractivity contribution in [2.45, 2.75) is 13.5 Å². The fourth-order valence-electron chi connectivity index (χ4n) is 1.66. The summed E-state index contributed by atoms with van der Waals surface area (Å²) in [5.41, 5.74) is 1.19. The summed E-state index contributed by atoms with van der Waals surface area (Å²) >= 11 is 1.72. The van der Waals surface area contributed by atoms with Gasteiger partial charge < -0.3 is 10.6 Å². The van der Waals surface area contributed by atoms with Crippen molar-refractivity contribution in [3.63, 3.8) is 0 Å². The zero-order chi connectivity index (χ0) is 12.1. The Morgan fingerprint density at radius 3 is 3.00 bits per heavy atom. The van der Waals surface area contributed by atoms with Gasteiger partial charge in [0.25, 0.3) is 0 Å². The molecule has 1 aromatic heterocycles. The van der Waals surface area contributed by atoms with Crippen LogP contribution in [-0.2, 0) is 11.3 Å². The number of rotatable bonds is 5. The van der Waals surface area contributed by atoms with Gasteiger partial charge in [-0.05, 0) is 28.9 Å². The van der Waals surface area contributed by atoms with Crippen molar-refractivity contribution in [1.29, 1.82) is 0 Å². The van der Waals surface area contributed by atoms with Crippen molar-refractivity contribution < 1.29 is 4.79 Å². The Labute approximate surface area is 105 Å². The molecule has 1 amide bonds. The van der Waals surface area contributed by atoms with Crippen LogP contribution in [0.1, 0.15) is 12.5 Å². The number of hydrogen-bond donors (Lipinski definition) is 2. The summed E-state index contributed by atoms with van der Waals surface area (Å²) in [5.74, 6) is 0.0436. The molecule has 17 heavy (non-hydrogen) atoms. The van der Waals surface area contributed by atoms with E-state index in [4.69, 9.17) is 0 Å². The van der Waals surface area contributed by atoms with E-state index in [2.05, 4.69) is 28.1 Å². The average Bonchev–Trinajstić information content (AvgIpc) is 2.77. The number of likely N-dealkylation sites (N-methyl/N-ethyl adjacent to an activating group) is 1. The summed E-state index contributed by atoms with van der Waals surface area (Å²) < 4.78 is 1.27. The van der Waals surface area contributed by atoms with Gasteiger partial charge in [-0.3, -0.25) is 4.79 Å². The van der Waals surface area contributed by atoms with Gasteiger partial charge in [0.1, 0.15) is 0 Å². The van der Waals surface area contributed by atoms with Crippen LogP contribution in [-0.4, -0.2) is 19.0 Å². The molecule has 0 radical (unpaired) electrons. The lowest BCUT2D eigenvalue weighted by Gasteiger charge is -2.04. The maximum Gasteiger partial charge on any atom is 0.234 e. The van der Waals surface area contributed by atoms with Crippen LogP contribution in [0.2, 0.25) is 0 Å². The quantitative estimate of drug-likeness (QED) is 0.851. The molecule has 0 atom stereocenters. The van der Waals surface area contributed by atoms with Crippen LogP contribution in [0.3, 0.4) is 0 Å². The summed E-state index contributed by atoms with van der Waals surface area (Å²) in [6.07, 6.45) is 0. The summed E-state index contributed by atoms with van der Waals surface area (Å²) in [6.45, 7) is 3.79. The Morgan fingerprint density at radius 1 is 1.35 bits per heavy atom. The van der Waals surface area contributed by atoms with E-state index in [9.17, 15) is 4.79 Å². The molecule has 4 heteroatoms. The number of nitrogens with one attached hydrogen (secondary N) is 2. The largest absolute Gasteiger partial charge is 0.351 e. The molecule has 0 spiro atoms. The molecule has 1 heterocycles. The van der Waals surface area contributed by atoms with E-state index in [0.717, 1.165) is 6.54 Å². The van der Waals surface area contributed by atoms with Crippen molar-refractivity contribution in [3.05, 3.63) is 35.2 Å². The van der Waals surface area contributed by atoms with E-state index < -0.39 is 0 Å². The first-order valence-corrected chi connectivity index (χ1v) is 6.61. The second-order valence-electron chi connectivity index (χ2n) is 3.81. The average molecular weight is 248 g/mol. The Kier molecular flexibility index (Phi) is 4.12. The van der Waals surface area contributed by atoms with Gasteiger partial charge in [0.2, 0.25) is 5.91 Å². The molecule has 0 unspecified atom stereocenters. The highest BCUT2D eigenvalue weighted by molar-refractivity contribution is 7.17. The number of amides is 1. The Bertz CT molecular complexity index is 507. The van der Waals surface area contributed by atoms with Gasteiger partial charge in [-0.2, -0.15) is 0 Å². The maximum atomic E-state index is 11.5. The summed E-state index contributed by atoms with van der Waals surface area (Å²) in [6, 6.07) is 8.26. The molecule has 0 aliphatic heterocycles. The summed E-state index contributed by atoms with van der Waals surface area (Å²) in [7, 11) is 0. The molecule has 0 bridgehead atoms. The number of benzene rings is 1. The van der Waals surface area contributed by atoms with E-state index in [-0.39, 0.29) is 5.91 Å². The van der Waals surface area contributed by atoms with Crippen LogP contribution >= 0.6 is 11.3 Å². The van der Waals surface area contributed by atoms with Crippen LogP contribution in [0, 0.1) is 0 Å². The van der Waals surface area contributed by atoms with Crippen LogP contribution in [0.25, 0.3) is 10.1 Å². The van der Waals surface area contributed by atoms with Gasteiger partial charge in [-0.1, -0.05) is 25.1 Å². The number of thiophene rings is 1. The Morgan fingerprint density at radius 2 is 2.18 bits per heavy atom. The zero-order valence-corrected chi connectivity index (χ0v) is 10.6. The molecule has 90 valence electrons. The first kappa shape index (κ1) is 12.1. The lowest BCUT2D eigenvalue weighted by atomic mass is 10.2. The van der Waals surface area contributed by atoms with E-state index in [0.29, 0.717) is 13.1 Å². The van der Waals surface area contributed by atoms with E-state index in [1.54, 1.807) is 11.3 Å². The lowest BCUT2D eigenvalue weighted by Crippen LogP contribution is -2.33. The molecule has 3 nitrogen and oxygen atoms in total. The van der Waals surface area contributed by atoms with Crippen LogP contribution in [0.15, 0.2) is 29.6 Å². The second-order valence-corrected chi connectivity index (χ2v) is 4.73. The highest BCUT2D eigenvalue weighted by Gasteiger charge is 2.04. The van der Waals surface area contributed by atoms with E-state index in [1.807, 2.05) is 19.1 Å². The first-order valence-electron chi connectivity index (χ1n) is 5.73. The van der Waals surface area contributed by atoms with Crippen molar-refractivity contribution in [2.24, 2.45) is 0 Å². The predicted molar refractivity (Wildman–Crippen MR) is 72.2 cm³/mol. The molecular formula is C13H16N2OS. The third-order valence-corrected chi connectivity index (χ3v) is 3.59. The number of fused-ring (bicyclic) bond motifs is 1. The minimum Gasteiger partial charge on any atom is -0.351 e. The molecule has 0 aliphatic rings. The van der Waals surface area contributed by atoms with Gasteiger partial charge in [0.15, 0.2) is 0 Å². The second kappa shape index (κ2) is 5.80. The third-order valence-electron chi connectivity index (χ3n) is 2.57. The first-order chi connectivity index (χ1) is 8.31. The molecule has 2 rings (SSSR count). The molecular weight excluding hydrogens is 232 g/mol. The topological polar surface area (TPSA) is 41.1 Å². The molecule has 0 aliphatic carbocycles. The van der Waals surface area contributed by atoms with E-state index >= 15 is 0 Å². The maximum absolute atomic E-state index is 11.5. The van der Waals surface area contributed by atoms with Crippen LogP contribution in [0.5, 0.6) is 0 Å². The standard InChI is InChI=1S/C13H16N2OS/c1-2-14-8-13(16)15-7-10-9-17-12-6-4-3-5-11(10)12/h3-6,9,14H,2,7-8H2,1H3,(H,15,16). The molecule has 0 saturated carbocycles. The summed E-state index contributed by atoms with van der Waals surface area (Å²) in [4.78, 5) is 11.5. The predicted octanol–water partition coefficient (Wildman–Crippen LogP) is 2.13. The molecule has 2 N–H and O–H groups in total. The van der Waals surface area contributed by atoms with Crippen molar-refractivity contribution >= 4 is 27.3 Å². The van der Waals surface area contributed by atoms with Gasteiger partial charge in [-0.25, -0.2) is 0 Å². The molecule has 0 saturated heterocycles. The normalized spacial score (nSPS) is 10.6. The van der Waals surface area contributed by atoms with Crippen molar-refractivity contribution in [3.8, 4) is 0 Å². The van der Waals surface area contributed by atoms with Crippen LogP contribution < -0.4 is 10.6 Å². The molecule has 2 aromatic rings. The molecule has 0 fully saturated rings. The minimum absolute atomic E-state index is 0.0436. The van der Waals surface area contributed by atoms with Crippen molar-refractivity contribution in [2.75, 3.05) is 13.1 Å². The van der Waals surface area contributed by atoms with Gasteiger partial charge >= 0.3 is 0 Å². The van der Waals surface area contributed by atoms with Crippen molar-refractivity contribution in [1.82, 2.24) is 10.6 Å².